The Morgan fingerprint density at radius 1 is 1.43 bits per heavy atom. The molecule has 4 heteroatoms. The van der Waals surface area contributed by atoms with Crippen LogP contribution in [0, 0.1) is 0 Å². The Labute approximate surface area is 83.0 Å². The van der Waals surface area contributed by atoms with Gasteiger partial charge in [0.25, 0.3) is 0 Å². The van der Waals surface area contributed by atoms with Gasteiger partial charge in [-0.25, -0.2) is 5.84 Å². The molecule has 1 rings (SSSR count). The Balaban J connectivity index is 2.81. The molecule has 1 aromatic carbocycles. The minimum Gasteiger partial charge on any atom is -0.497 e. The van der Waals surface area contributed by atoms with Crippen LogP contribution in [0.25, 0.3) is 0 Å². The van der Waals surface area contributed by atoms with Crippen LogP contribution in [0.4, 0.5) is 0 Å². The van der Waals surface area contributed by atoms with Crippen LogP contribution in [0.15, 0.2) is 24.3 Å². The van der Waals surface area contributed by atoms with E-state index < -0.39 is 0 Å². The predicted octanol–water partition coefficient (Wildman–Crippen LogP) is 0.789. The number of amides is 1. The molecule has 0 aliphatic heterocycles. The smallest absolute Gasteiger partial charge is 0.241 e. The third-order valence-electron chi connectivity index (χ3n) is 2.15. The first kappa shape index (κ1) is 10.5. The monoisotopic (exact) mass is 194 g/mol. The lowest BCUT2D eigenvalue weighted by Crippen LogP contribution is -2.33. The highest BCUT2D eigenvalue weighted by Crippen LogP contribution is 2.18. The zero-order chi connectivity index (χ0) is 10.6. The molecule has 0 heterocycles. The topological polar surface area (TPSA) is 64.3 Å². The number of methoxy groups -OCH3 is 1. The molecule has 1 unspecified atom stereocenters. The van der Waals surface area contributed by atoms with Crippen LogP contribution in [0.1, 0.15) is 18.4 Å². The summed E-state index contributed by atoms with van der Waals surface area (Å²) in [5.74, 6) is 5.37. The summed E-state index contributed by atoms with van der Waals surface area (Å²) >= 11 is 0. The van der Waals surface area contributed by atoms with E-state index in [9.17, 15) is 4.79 Å². The van der Waals surface area contributed by atoms with E-state index in [1.807, 2.05) is 24.3 Å². The van der Waals surface area contributed by atoms with Gasteiger partial charge in [0.1, 0.15) is 5.75 Å². The summed E-state index contributed by atoms with van der Waals surface area (Å²) in [5, 5.41) is 0. The Morgan fingerprint density at radius 3 is 2.43 bits per heavy atom. The van der Waals surface area contributed by atoms with Crippen molar-refractivity contribution in [3.8, 4) is 5.75 Å². The third kappa shape index (κ3) is 2.23. The zero-order valence-corrected chi connectivity index (χ0v) is 8.28. The van der Waals surface area contributed by atoms with Gasteiger partial charge in [0.05, 0.1) is 13.0 Å². The predicted molar refractivity (Wildman–Crippen MR) is 53.7 cm³/mol. The van der Waals surface area contributed by atoms with Gasteiger partial charge in [0.2, 0.25) is 5.91 Å². The summed E-state index contributed by atoms with van der Waals surface area (Å²) in [6.07, 6.45) is 0. The molecule has 1 aromatic rings. The average molecular weight is 194 g/mol. The lowest BCUT2D eigenvalue weighted by Gasteiger charge is -2.10. The van der Waals surface area contributed by atoms with Crippen LogP contribution in [0.2, 0.25) is 0 Å². The molecule has 14 heavy (non-hydrogen) atoms. The number of hydrogen-bond acceptors (Lipinski definition) is 3. The van der Waals surface area contributed by atoms with Crippen molar-refractivity contribution in [3.05, 3.63) is 29.8 Å². The van der Waals surface area contributed by atoms with Crippen molar-refractivity contribution in [2.24, 2.45) is 5.84 Å². The molecule has 0 fully saturated rings. The molecule has 1 amide bonds. The Bertz CT molecular complexity index is 308. The number of carbonyl (C=O) groups is 1. The molecule has 4 nitrogen and oxygen atoms in total. The van der Waals surface area contributed by atoms with Crippen molar-refractivity contribution in [2.45, 2.75) is 12.8 Å². The number of hydrazine groups is 1. The molecular weight excluding hydrogens is 180 g/mol. The van der Waals surface area contributed by atoms with Gasteiger partial charge in [0.15, 0.2) is 0 Å². The molecule has 0 bridgehead atoms. The van der Waals surface area contributed by atoms with E-state index in [0.29, 0.717) is 0 Å². The molecule has 0 spiro atoms. The largest absolute Gasteiger partial charge is 0.497 e. The second-order valence-electron chi connectivity index (χ2n) is 3.00. The van der Waals surface area contributed by atoms with E-state index in [4.69, 9.17) is 10.6 Å². The first-order valence-corrected chi connectivity index (χ1v) is 4.33. The standard InChI is InChI=1S/C10H14N2O2/c1-7(10(13)12-11)8-3-5-9(14-2)6-4-8/h3-7H,11H2,1-2H3,(H,12,13). The summed E-state index contributed by atoms with van der Waals surface area (Å²) in [7, 11) is 1.60. The zero-order valence-electron chi connectivity index (χ0n) is 8.28. The van der Waals surface area contributed by atoms with Gasteiger partial charge in [-0.3, -0.25) is 10.2 Å². The van der Waals surface area contributed by atoms with E-state index in [0.717, 1.165) is 11.3 Å². The second kappa shape index (κ2) is 4.62. The van der Waals surface area contributed by atoms with Crippen LogP contribution in [0.3, 0.4) is 0 Å². The highest BCUT2D eigenvalue weighted by molar-refractivity contribution is 5.82. The minimum atomic E-state index is -0.245. The summed E-state index contributed by atoms with van der Waals surface area (Å²) in [4.78, 5) is 11.2. The lowest BCUT2D eigenvalue weighted by atomic mass is 10.0. The first-order chi connectivity index (χ1) is 6.69. The first-order valence-electron chi connectivity index (χ1n) is 4.33. The molecule has 0 saturated heterocycles. The number of carbonyl (C=O) groups excluding carboxylic acids is 1. The fourth-order valence-corrected chi connectivity index (χ4v) is 1.17. The van der Waals surface area contributed by atoms with Crippen molar-refractivity contribution in [2.75, 3.05) is 7.11 Å². The quantitative estimate of drug-likeness (QED) is 0.425. The van der Waals surface area contributed by atoms with E-state index in [-0.39, 0.29) is 11.8 Å². The van der Waals surface area contributed by atoms with E-state index in [1.165, 1.54) is 0 Å². The van der Waals surface area contributed by atoms with E-state index in [2.05, 4.69) is 5.43 Å². The Hall–Kier alpha value is -1.55. The summed E-state index contributed by atoms with van der Waals surface area (Å²) in [6, 6.07) is 7.32. The highest BCUT2D eigenvalue weighted by Gasteiger charge is 2.13. The van der Waals surface area contributed by atoms with Gasteiger partial charge in [-0.2, -0.15) is 0 Å². The van der Waals surface area contributed by atoms with Crippen molar-refractivity contribution < 1.29 is 9.53 Å². The molecule has 0 aromatic heterocycles. The van der Waals surface area contributed by atoms with Gasteiger partial charge in [-0.15, -0.1) is 0 Å². The number of ether oxygens (including phenoxy) is 1. The molecule has 3 N–H and O–H groups in total. The van der Waals surface area contributed by atoms with E-state index >= 15 is 0 Å². The Kier molecular flexibility index (Phi) is 3.48. The summed E-state index contributed by atoms with van der Waals surface area (Å²) in [6.45, 7) is 1.80. The average Bonchev–Trinajstić information content (AvgIpc) is 2.27. The maximum atomic E-state index is 11.2. The van der Waals surface area contributed by atoms with Crippen LogP contribution >= 0.6 is 0 Å². The van der Waals surface area contributed by atoms with Crippen LogP contribution in [0.5, 0.6) is 5.75 Å². The maximum Gasteiger partial charge on any atom is 0.241 e. The molecule has 76 valence electrons. The number of nitrogens with one attached hydrogen (secondary N) is 1. The van der Waals surface area contributed by atoms with Gasteiger partial charge >= 0.3 is 0 Å². The van der Waals surface area contributed by atoms with Crippen molar-refractivity contribution in [1.82, 2.24) is 5.43 Å². The molecular formula is C10H14N2O2. The van der Waals surface area contributed by atoms with Crippen LogP contribution in [-0.4, -0.2) is 13.0 Å². The molecule has 0 saturated carbocycles. The number of nitrogens with two attached hydrogens (primary N) is 1. The van der Waals surface area contributed by atoms with Gasteiger partial charge in [-0.1, -0.05) is 12.1 Å². The van der Waals surface area contributed by atoms with Crippen molar-refractivity contribution in [1.29, 1.82) is 0 Å². The van der Waals surface area contributed by atoms with Gasteiger partial charge in [-0.05, 0) is 24.6 Å². The Morgan fingerprint density at radius 2 is 2.00 bits per heavy atom. The third-order valence-corrected chi connectivity index (χ3v) is 2.15. The molecule has 1 atom stereocenters. The van der Waals surface area contributed by atoms with E-state index in [1.54, 1.807) is 14.0 Å². The number of benzene rings is 1. The molecule has 0 aliphatic carbocycles. The van der Waals surface area contributed by atoms with Gasteiger partial charge in [0, 0.05) is 0 Å². The van der Waals surface area contributed by atoms with Crippen molar-refractivity contribution >= 4 is 5.91 Å². The van der Waals surface area contributed by atoms with Gasteiger partial charge < -0.3 is 4.74 Å². The normalized spacial score (nSPS) is 11.9. The van der Waals surface area contributed by atoms with Crippen molar-refractivity contribution in [3.63, 3.8) is 0 Å². The number of hydrogen-bond donors (Lipinski definition) is 2. The SMILES string of the molecule is COc1ccc(C(C)C(=O)NN)cc1. The minimum absolute atomic E-state index is 0.199. The fraction of sp³-hybridized carbons (Fsp3) is 0.300. The summed E-state index contributed by atoms with van der Waals surface area (Å²) in [5.41, 5.74) is 3.03. The van der Waals surface area contributed by atoms with Crippen LogP contribution in [-0.2, 0) is 4.79 Å². The maximum absolute atomic E-state index is 11.2. The number of rotatable bonds is 3. The fourth-order valence-electron chi connectivity index (χ4n) is 1.17. The highest BCUT2D eigenvalue weighted by atomic mass is 16.5. The van der Waals surface area contributed by atoms with Crippen LogP contribution < -0.4 is 16.0 Å². The molecule has 0 radical (unpaired) electrons. The lowest BCUT2D eigenvalue weighted by molar-refractivity contribution is -0.122. The molecule has 0 aliphatic rings. The second-order valence-corrected chi connectivity index (χ2v) is 3.00. The summed E-state index contributed by atoms with van der Waals surface area (Å²) < 4.78 is 5.01.